The van der Waals surface area contributed by atoms with Crippen LogP contribution in [0.1, 0.15) is 17.2 Å². The molecule has 74 valence electrons. The van der Waals surface area contributed by atoms with E-state index < -0.39 is 0 Å². The monoisotopic (exact) mass is 197 g/mol. The molecule has 0 radical (unpaired) electrons. The van der Waals surface area contributed by atoms with Gasteiger partial charge in [-0.1, -0.05) is 36.4 Å². The quantitative estimate of drug-likeness (QED) is 0.707. The Morgan fingerprint density at radius 2 is 1.73 bits per heavy atom. The lowest BCUT2D eigenvalue weighted by atomic mass is 9.97. The summed E-state index contributed by atoms with van der Waals surface area (Å²) in [6.07, 6.45) is 2.63. The largest absolute Gasteiger partial charge is 0.302 e. The van der Waals surface area contributed by atoms with E-state index in [2.05, 4.69) is 4.98 Å². The molecule has 2 aromatic rings. The van der Waals surface area contributed by atoms with Crippen LogP contribution in [0.3, 0.4) is 0 Å². The Kier molecular flexibility index (Phi) is 2.88. The van der Waals surface area contributed by atoms with Gasteiger partial charge in [0, 0.05) is 6.20 Å². The molecule has 1 heterocycles. The number of aromatic nitrogens is 1. The second kappa shape index (κ2) is 4.51. The van der Waals surface area contributed by atoms with Gasteiger partial charge in [0.25, 0.3) is 0 Å². The minimum absolute atomic E-state index is 0.257. The van der Waals surface area contributed by atoms with Crippen molar-refractivity contribution in [1.29, 1.82) is 0 Å². The first-order valence-corrected chi connectivity index (χ1v) is 4.83. The van der Waals surface area contributed by atoms with E-state index in [1.807, 2.05) is 48.5 Å². The number of aldehydes is 1. The molecule has 0 saturated carbocycles. The minimum Gasteiger partial charge on any atom is -0.302 e. The Balaban J connectivity index is 2.38. The van der Waals surface area contributed by atoms with Crippen molar-refractivity contribution in [2.45, 2.75) is 5.92 Å². The van der Waals surface area contributed by atoms with Crippen LogP contribution in [0, 0.1) is 0 Å². The van der Waals surface area contributed by atoms with Crippen LogP contribution in [-0.2, 0) is 4.79 Å². The molecule has 1 atom stereocenters. The Bertz CT molecular complexity index is 385. The number of benzene rings is 1. The van der Waals surface area contributed by atoms with Crippen LogP contribution in [0.25, 0.3) is 0 Å². The first kappa shape index (κ1) is 9.59. The van der Waals surface area contributed by atoms with Crippen molar-refractivity contribution in [3.05, 3.63) is 66.0 Å². The molecule has 0 saturated heterocycles. The number of hydrogen-bond acceptors (Lipinski definition) is 2. The standard InChI is InChI=1S/C13H11NO/c15-10-12(11-6-2-1-3-7-11)13-8-4-5-9-14-13/h1-10,12H. The maximum absolute atomic E-state index is 11.1. The highest BCUT2D eigenvalue weighted by atomic mass is 16.1. The number of pyridine rings is 1. The molecule has 2 heteroatoms. The summed E-state index contributed by atoms with van der Waals surface area (Å²) < 4.78 is 0. The van der Waals surface area contributed by atoms with E-state index in [1.165, 1.54) is 0 Å². The van der Waals surface area contributed by atoms with Gasteiger partial charge >= 0.3 is 0 Å². The van der Waals surface area contributed by atoms with E-state index in [0.29, 0.717) is 0 Å². The zero-order valence-electron chi connectivity index (χ0n) is 8.21. The maximum atomic E-state index is 11.1. The van der Waals surface area contributed by atoms with Gasteiger partial charge in [-0.05, 0) is 17.7 Å². The van der Waals surface area contributed by atoms with Crippen molar-refractivity contribution < 1.29 is 4.79 Å². The van der Waals surface area contributed by atoms with E-state index >= 15 is 0 Å². The zero-order chi connectivity index (χ0) is 10.5. The molecular weight excluding hydrogens is 186 g/mol. The molecule has 1 aromatic heterocycles. The highest BCUT2D eigenvalue weighted by molar-refractivity contribution is 5.67. The molecule has 0 N–H and O–H groups in total. The van der Waals surface area contributed by atoms with Gasteiger partial charge in [-0.15, -0.1) is 0 Å². The van der Waals surface area contributed by atoms with Crippen LogP contribution in [-0.4, -0.2) is 11.3 Å². The molecule has 0 bridgehead atoms. The van der Waals surface area contributed by atoms with Gasteiger partial charge in [-0.25, -0.2) is 0 Å². The maximum Gasteiger partial charge on any atom is 0.133 e. The lowest BCUT2D eigenvalue weighted by molar-refractivity contribution is -0.108. The van der Waals surface area contributed by atoms with Crippen molar-refractivity contribution in [2.75, 3.05) is 0 Å². The lowest BCUT2D eigenvalue weighted by Gasteiger charge is -2.09. The molecule has 0 amide bonds. The molecular formula is C13H11NO. The zero-order valence-corrected chi connectivity index (χ0v) is 8.21. The summed E-state index contributed by atoms with van der Waals surface area (Å²) in [5.74, 6) is -0.257. The average Bonchev–Trinajstić information content (AvgIpc) is 2.33. The third-order valence-electron chi connectivity index (χ3n) is 2.30. The molecule has 0 aliphatic rings. The van der Waals surface area contributed by atoms with Crippen LogP contribution in [0.4, 0.5) is 0 Å². The second-order valence-corrected chi connectivity index (χ2v) is 3.28. The second-order valence-electron chi connectivity index (χ2n) is 3.28. The molecule has 2 nitrogen and oxygen atoms in total. The molecule has 0 fully saturated rings. The molecule has 15 heavy (non-hydrogen) atoms. The van der Waals surface area contributed by atoms with Gasteiger partial charge in [-0.3, -0.25) is 4.98 Å². The minimum atomic E-state index is -0.257. The third-order valence-corrected chi connectivity index (χ3v) is 2.30. The van der Waals surface area contributed by atoms with Crippen LogP contribution < -0.4 is 0 Å². The predicted octanol–water partition coefficient (Wildman–Crippen LogP) is 2.41. The SMILES string of the molecule is O=CC(c1ccccc1)c1ccccn1. The van der Waals surface area contributed by atoms with E-state index in [4.69, 9.17) is 0 Å². The summed E-state index contributed by atoms with van der Waals surface area (Å²) in [5, 5.41) is 0. The molecule has 1 unspecified atom stereocenters. The lowest BCUT2D eigenvalue weighted by Crippen LogP contribution is -2.03. The highest BCUT2D eigenvalue weighted by Crippen LogP contribution is 2.19. The molecule has 0 aliphatic carbocycles. The summed E-state index contributed by atoms with van der Waals surface area (Å²) in [4.78, 5) is 15.3. The predicted molar refractivity (Wildman–Crippen MR) is 58.6 cm³/mol. The fourth-order valence-electron chi connectivity index (χ4n) is 1.54. The van der Waals surface area contributed by atoms with Crippen LogP contribution in [0.15, 0.2) is 54.7 Å². The molecule has 0 aliphatic heterocycles. The summed E-state index contributed by atoms with van der Waals surface area (Å²) in [6, 6.07) is 15.3. The van der Waals surface area contributed by atoms with Gasteiger partial charge in [0.05, 0.1) is 11.6 Å². The molecule has 0 spiro atoms. The summed E-state index contributed by atoms with van der Waals surface area (Å²) in [7, 11) is 0. The van der Waals surface area contributed by atoms with Gasteiger partial charge in [-0.2, -0.15) is 0 Å². The molecule has 2 rings (SSSR count). The van der Waals surface area contributed by atoms with Crippen molar-refractivity contribution in [1.82, 2.24) is 4.98 Å². The van der Waals surface area contributed by atoms with Crippen LogP contribution >= 0.6 is 0 Å². The number of nitrogens with zero attached hydrogens (tertiary/aromatic N) is 1. The number of carbonyl (C=O) groups excluding carboxylic acids is 1. The van der Waals surface area contributed by atoms with Gasteiger partial charge in [0.15, 0.2) is 0 Å². The number of rotatable bonds is 3. The smallest absolute Gasteiger partial charge is 0.133 e. The fourth-order valence-corrected chi connectivity index (χ4v) is 1.54. The van der Waals surface area contributed by atoms with Crippen LogP contribution in [0.2, 0.25) is 0 Å². The van der Waals surface area contributed by atoms with Crippen molar-refractivity contribution >= 4 is 6.29 Å². The Labute approximate surface area is 88.6 Å². The van der Waals surface area contributed by atoms with Gasteiger partial charge < -0.3 is 4.79 Å². The first-order chi connectivity index (χ1) is 7.42. The first-order valence-electron chi connectivity index (χ1n) is 4.83. The third kappa shape index (κ3) is 2.10. The normalized spacial score (nSPS) is 12.0. The number of hydrogen-bond donors (Lipinski definition) is 0. The summed E-state index contributed by atoms with van der Waals surface area (Å²) in [5.41, 5.74) is 1.77. The Hall–Kier alpha value is -1.96. The Morgan fingerprint density at radius 1 is 1.00 bits per heavy atom. The average molecular weight is 197 g/mol. The number of carbonyl (C=O) groups is 1. The van der Waals surface area contributed by atoms with E-state index in [-0.39, 0.29) is 5.92 Å². The van der Waals surface area contributed by atoms with Crippen LogP contribution in [0.5, 0.6) is 0 Å². The highest BCUT2D eigenvalue weighted by Gasteiger charge is 2.12. The van der Waals surface area contributed by atoms with Gasteiger partial charge in [0.1, 0.15) is 6.29 Å². The van der Waals surface area contributed by atoms with Gasteiger partial charge in [0.2, 0.25) is 0 Å². The topological polar surface area (TPSA) is 30.0 Å². The summed E-state index contributed by atoms with van der Waals surface area (Å²) >= 11 is 0. The van der Waals surface area contributed by atoms with E-state index in [0.717, 1.165) is 17.5 Å². The Morgan fingerprint density at radius 3 is 2.33 bits per heavy atom. The summed E-state index contributed by atoms with van der Waals surface area (Å²) in [6.45, 7) is 0. The fraction of sp³-hybridized carbons (Fsp3) is 0.0769. The van der Waals surface area contributed by atoms with E-state index in [1.54, 1.807) is 6.20 Å². The van der Waals surface area contributed by atoms with E-state index in [9.17, 15) is 4.79 Å². The van der Waals surface area contributed by atoms with Crippen molar-refractivity contribution in [3.63, 3.8) is 0 Å². The van der Waals surface area contributed by atoms with Crippen molar-refractivity contribution in [2.24, 2.45) is 0 Å². The van der Waals surface area contributed by atoms with Crippen molar-refractivity contribution in [3.8, 4) is 0 Å². The molecule has 1 aromatic carbocycles.